The molecule has 0 spiro atoms. The van der Waals surface area contributed by atoms with E-state index >= 15 is 0 Å². The number of hydrogen-bond acceptors (Lipinski definition) is 3. The first-order valence-electron chi connectivity index (χ1n) is 4.78. The zero-order valence-corrected chi connectivity index (χ0v) is 8.83. The summed E-state index contributed by atoms with van der Waals surface area (Å²) in [7, 11) is 0. The Kier molecular flexibility index (Phi) is 3.06. The Morgan fingerprint density at radius 3 is 3.20 bits per heavy atom. The molecule has 4 nitrogen and oxygen atoms in total. The Morgan fingerprint density at radius 2 is 2.53 bits per heavy atom. The van der Waals surface area contributed by atoms with Crippen molar-refractivity contribution in [3.8, 4) is 5.88 Å². The van der Waals surface area contributed by atoms with Crippen molar-refractivity contribution in [2.45, 2.75) is 18.9 Å². The van der Waals surface area contributed by atoms with Crippen molar-refractivity contribution in [3.05, 3.63) is 23.4 Å². The number of amides is 1. The van der Waals surface area contributed by atoms with Gasteiger partial charge in [-0.1, -0.05) is 11.6 Å². The number of pyridine rings is 1. The second kappa shape index (κ2) is 4.49. The van der Waals surface area contributed by atoms with Crippen molar-refractivity contribution in [2.75, 3.05) is 6.61 Å². The number of carbonyl (C=O) groups excluding carboxylic acids is 1. The minimum Gasteiger partial charge on any atom is -0.474 e. The van der Waals surface area contributed by atoms with Crippen molar-refractivity contribution in [1.29, 1.82) is 0 Å². The molecule has 0 aliphatic carbocycles. The van der Waals surface area contributed by atoms with E-state index in [9.17, 15) is 4.79 Å². The standard InChI is InChI=1S/C10H11ClN2O2/c11-8-2-1-5-12-10(8)15-6-7-3-4-9(14)13-7/h1-2,5,7H,3-4,6H2,(H,13,14)/t7-/m1/s1. The minimum absolute atomic E-state index is 0.0792. The van der Waals surface area contributed by atoms with Gasteiger partial charge in [-0.15, -0.1) is 0 Å². The second-order valence-corrected chi connectivity index (χ2v) is 3.81. The number of nitrogens with zero attached hydrogens (tertiary/aromatic N) is 1. The number of nitrogens with one attached hydrogen (secondary N) is 1. The van der Waals surface area contributed by atoms with Crippen LogP contribution in [0.15, 0.2) is 18.3 Å². The van der Waals surface area contributed by atoms with Gasteiger partial charge in [0.15, 0.2) is 0 Å². The predicted molar refractivity (Wildman–Crippen MR) is 55.9 cm³/mol. The van der Waals surface area contributed by atoms with E-state index in [1.54, 1.807) is 18.3 Å². The van der Waals surface area contributed by atoms with Crippen molar-refractivity contribution in [2.24, 2.45) is 0 Å². The van der Waals surface area contributed by atoms with Gasteiger partial charge in [-0.05, 0) is 18.6 Å². The third-order valence-electron chi connectivity index (χ3n) is 2.23. The molecule has 1 aliphatic heterocycles. The summed E-state index contributed by atoms with van der Waals surface area (Å²) in [5.74, 6) is 0.496. The van der Waals surface area contributed by atoms with E-state index < -0.39 is 0 Å². The van der Waals surface area contributed by atoms with Gasteiger partial charge in [0.05, 0.1) is 6.04 Å². The number of hydrogen-bond donors (Lipinski definition) is 1. The van der Waals surface area contributed by atoms with Crippen LogP contribution in [0.4, 0.5) is 0 Å². The van der Waals surface area contributed by atoms with Crippen molar-refractivity contribution < 1.29 is 9.53 Å². The maximum absolute atomic E-state index is 10.9. The maximum Gasteiger partial charge on any atom is 0.232 e. The van der Waals surface area contributed by atoms with Crippen LogP contribution in [0.1, 0.15) is 12.8 Å². The number of rotatable bonds is 3. The Balaban J connectivity index is 1.88. The number of ether oxygens (including phenoxy) is 1. The highest BCUT2D eigenvalue weighted by Gasteiger charge is 2.21. The second-order valence-electron chi connectivity index (χ2n) is 3.40. The molecular formula is C10H11ClN2O2. The molecule has 1 amide bonds. The van der Waals surface area contributed by atoms with Crippen LogP contribution in [0.5, 0.6) is 5.88 Å². The number of carbonyl (C=O) groups is 1. The summed E-state index contributed by atoms with van der Waals surface area (Å²) in [6.45, 7) is 0.419. The van der Waals surface area contributed by atoms with Crippen LogP contribution in [0.3, 0.4) is 0 Å². The molecule has 2 rings (SSSR count). The molecule has 1 aromatic heterocycles. The average molecular weight is 227 g/mol. The molecule has 5 heteroatoms. The van der Waals surface area contributed by atoms with Gasteiger partial charge < -0.3 is 10.1 Å². The molecule has 1 saturated heterocycles. The molecule has 1 N–H and O–H groups in total. The summed E-state index contributed by atoms with van der Waals surface area (Å²) < 4.78 is 5.41. The van der Waals surface area contributed by atoms with E-state index in [2.05, 4.69) is 10.3 Å². The molecule has 1 fully saturated rings. The number of aromatic nitrogens is 1. The molecule has 0 aromatic carbocycles. The quantitative estimate of drug-likeness (QED) is 0.848. The summed E-state index contributed by atoms with van der Waals surface area (Å²) >= 11 is 5.86. The lowest BCUT2D eigenvalue weighted by Gasteiger charge is -2.11. The van der Waals surface area contributed by atoms with Crippen LogP contribution in [0, 0.1) is 0 Å². The molecule has 15 heavy (non-hydrogen) atoms. The maximum atomic E-state index is 10.9. The van der Waals surface area contributed by atoms with Crippen LogP contribution < -0.4 is 10.1 Å². The molecule has 0 unspecified atom stereocenters. The number of halogens is 1. The normalized spacial score (nSPS) is 20.1. The molecule has 1 aromatic rings. The topological polar surface area (TPSA) is 51.2 Å². The SMILES string of the molecule is O=C1CC[C@H](COc2ncccc2Cl)N1. The van der Waals surface area contributed by atoms with Gasteiger partial charge in [0.25, 0.3) is 0 Å². The van der Waals surface area contributed by atoms with E-state index in [4.69, 9.17) is 16.3 Å². The fourth-order valence-corrected chi connectivity index (χ4v) is 1.64. The molecule has 0 bridgehead atoms. The van der Waals surface area contributed by atoms with Gasteiger partial charge in [0.2, 0.25) is 11.8 Å². The largest absolute Gasteiger partial charge is 0.474 e. The fraction of sp³-hybridized carbons (Fsp3) is 0.400. The minimum atomic E-state index is 0.0792. The Labute approximate surface area is 92.6 Å². The van der Waals surface area contributed by atoms with Gasteiger partial charge in [0.1, 0.15) is 11.6 Å². The van der Waals surface area contributed by atoms with Crippen LogP contribution in [-0.2, 0) is 4.79 Å². The van der Waals surface area contributed by atoms with E-state index in [-0.39, 0.29) is 11.9 Å². The van der Waals surface area contributed by atoms with Gasteiger partial charge >= 0.3 is 0 Å². The summed E-state index contributed by atoms with van der Waals surface area (Å²) in [5.41, 5.74) is 0. The highest BCUT2D eigenvalue weighted by Crippen LogP contribution is 2.20. The van der Waals surface area contributed by atoms with E-state index in [1.165, 1.54) is 0 Å². The van der Waals surface area contributed by atoms with Crippen LogP contribution in [-0.4, -0.2) is 23.5 Å². The Hall–Kier alpha value is -1.29. The van der Waals surface area contributed by atoms with E-state index in [1.807, 2.05) is 0 Å². The van der Waals surface area contributed by atoms with Crippen molar-refractivity contribution in [1.82, 2.24) is 10.3 Å². The molecule has 1 atom stereocenters. The molecular weight excluding hydrogens is 216 g/mol. The third-order valence-corrected chi connectivity index (χ3v) is 2.52. The Morgan fingerprint density at radius 1 is 1.67 bits per heavy atom. The van der Waals surface area contributed by atoms with Crippen molar-refractivity contribution >= 4 is 17.5 Å². The van der Waals surface area contributed by atoms with Crippen molar-refractivity contribution in [3.63, 3.8) is 0 Å². The summed E-state index contributed by atoms with van der Waals surface area (Å²) in [6, 6.07) is 3.54. The smallest absolute Gasteiger partial charge is 0.232 e. The highest BCUT2D eigenvalue weighted by atomic mass is 35.5. The zero-order valence-electron chi connectivity index (χ0n) is 8.07. The molecule has 80 valence electrons. The first-order chi connectivity index (χ1) is 7.25. The molecule has 0 radical (unpaired) electrons. The Bertz CT molecular complexity index is 370. The molecule has 2 heterocycles. The molecule has 0 saturated carbocycles. The first kappa shape index (κ1) is 10.2. The molecule has 1 aliphatic rings. The lowest BCUT2D eigenvalue weighted by atomic mass is 10.2. The van der Waals surface area contributed by atoms with Gasteiger partial charge in [-0.25, -0.2) is 4.98 Å². The highest BCUT2D eigenvalue weighted by molar-refractivity contribution is 6.31. The predicted octanol–water partition coefficient (Wildman–Crippen LogP) is 1.39. The zero-order chi connectivity index (χ0) is 10.7. The van der Waals surface area contributed by atoms with Crippen LogP contribution >= 0.6 is 11.6 Å². The fourth-order valence-electron chi connectivity index (χ4n) is 1.46. The lowest BCUT2D eigenvalue weighted by molar-refractivity contribution is -0.119. The van der Waals surface area contributed by atoms with E-state index in [0.29, 0.717) is 23.9 Å². The van der Waals surface area contributed by atoms with Gasteiger partial charge in [0, 0.05) is 12.6 Å². The van der Waals surface area contributed by atoms with Gasteiger partial charge in [-0.3, -0.25) is 4.79 Å². The first-order valence-corrected chi connectivity index (χ1v) is 5.16. The lowest BCUT2D eigenvalue weighted by Crippen LogP contribution is -2.31. The van der Waals surface area contributed by atoms with Crippen LogP contribution in [0.25, 0.3) is 0 Å². The summed E-state index contributed by atoms with van der Waals surface area (Å²) in [5, 5.41) is 3.30. The van der Waals surface area contributed by atoms with Gasteiger partial charge in [-0.2, -0.15) is 0 Å². The summed E-state index contributed by atoms with van der Waals surface area (Å²) in [6.07, 6.45) is 3.00. The average Bonchev–Trinajstić information content (AvgIpc) is 2.63. The monoisotopic (exact) mass is 226 g/mol. The van der Waals surface area contributed by atoms with Crippen LogP contribution in [0.2, 0.25) is 5.02 Å². The van der Waals surface area contributed by atoms with E-state index in [0.717, 1.165) is 6.42 Å². The summed E-state index contributed by atoms with van der Waals surface area (Å²) in [4.78, 5) is 14.9. The third kappa shape index (κ3) is 2.59.